The summed E-state index contributed by atoms with van der Waals surface area (Å²) in [7, 11) is 0. The molecule has 0 amide bonds. The second-order valence-corrected chi connectivity index (χ2v) is 3.47. The summed E-state index contributed by atoms with van der Waals surface area (Å²) in [5, 5.41) is 35.4. The van der Waals surface area contributed by atoms with Gasteiger partial charge in [-0.3, -0.25) is 20.8 Å². The van der Waals surface area contributed by atoms with Crippen molar-refractivity contribution in [3.8, 4) is 0 Å². The van der Waals surface area contributed by atoms with Crippen LogP contribution in [0.4, 0.5) is 0 Å². The minimum Gasteiger partial charge on any atom is -0.289 e. The van der Waals surface area contributed by atoms with Crippen LogP contribution in [-0.4, -0.2) is 31.3 Å². The first-order valence-corrected chi connectivity index (χ1v) is 4.94. The first-order valence-electron chi connectivity index (χ1n) is 4.94. The molecule has 0 atom stereocenters. The van der Waals surface area contributed by atoms with Gasteiger partial charge in [-0.05, 0) is 23.1 Å². The third kappa shape index (κ3) is 3.53. The smallest absolute Gasteiger partial charge is 0.0769 e. The SMILES string of the molecule is CCc1cccc(CN(O)O)c1CN(O)O. The molecule has 0 aliphatic heterocycles. The van der Waals surface area contributed by atoms with Gasteiger partial charge in [0.25, 0.3) is 0 Å². The van der Waals surface area contributed by atoms with E-state index in [2.05, 4.69) is 0 Å². The van der Waals surface area contributed by atoms with Gasteiger partial charge in [-0.25, -0.2) is 0 Å². The lowest BCUT2D eigenvalue weighted by Crippen LogP contribution is -2.19. The fraction of sp³-hybridized carbons (Fsp3) is 0.400. The summed E-state index contributed by atoms with van der Waals surface area (Å²) in [6.45, 7) is 1.78. The van der Waals surface area contributed by atoms with Crippen molar-refractivity contribution in [2.24, 2.45) is 0 Å². The van der Waals surface area contributed by atoms with Crippen molar-refractivity contribution >= 4 is 0 Å². The van der Waals surface area contributed by atoms with Crippen molar-refractivity contribution < 1.29 is 20.8 Å². The molecule has 1 aromatic rings. The Balaban J connectivity index is 3.04. The molecule has 16 heavy (non-hydrogen) atoms. The molecule has 0 aliphatic rings. The molecule has 0 bridgehead atoms. The predicted molar refractivity (Wildman–Crippen MR) is 54.1 cm³/mol. The summed E-state index contributed by atoms with van der Waals surface area (Å²) in [5.41, 5.74) is 2.26. The van der Waals surface area contributed by atoms with Gasteiger partial charge < -0.3 is 0 Å². The second-order valence-electron chi connectivity index (χ2n) is 3.47. The van der Waals surface area contributed by atoms with Crippen LogP contribution in [0.15, 0.2) is 18.2 Å². The van der Waals surface area contributed by atoms with Gasteiger partial charge >= 0.3 is 0 Å². The zero-order chi connectivity index (χ0) is 12.1. The molecule has 0 saturated carbocycles. The van der Waals surface area contributed by atoms with Gasteiger partial charge in [0.2, 0.25) is 0 Å². The molecular formula is C10H16N2O4. The third-order valence-electron chi connectivity index (χ3n) is 2.36. The van der Waals surface area contributed by atoms with Crippen molar-refractivity contribution in [3.05, 3.63) is 34.9 Å². The fourth-order valence-corrected chi connectivity index (χ4v) is 1.66. The molecule has 0 fully saturated rings. The lowest BCUT2D eigenvalue weighted by molar-refractivity contribution is -0.318. The molecule has 0 radical (unpaired) electrons. The van der Waals surface area contributed by atoms with Gasteiger partial charge in [0, 0.05) is 0 Å². The van der Waals surface area contributed by atoms with Crippen LogP contribution >= 0.6 is 0 Å². The highest BCUT2D eigenvalue weighted by molar-refractivity contribution is 5.35. The summed E-state index contributed by atoms with van der Waals surface area (Å²) < 4.78 is 0. The molecule has 1 rings (SSSR count). The average Bonchev–Trinajstić information content (AvgIpc) is 2.19. The predicted octanol–water partition coefficient (Wildman–Crippen LogP) is 1.41. The molecule has 6 heteroatoms. The molecule has 4 N–H and O–H groups in total. The van der Waals surface area contributed by atoms with Crippen LogP contribution in [0.1, 0.15) is 23.6 Å². The second kappa shape index (κ2) is 5.90. The Hall–Kier alpha value is -1.02. The number of benzene rings is 1. The monoisotopic (exact) mass is 228 g/mol. The van der Waals surface area contributed by atoms with E-state index < -0.39 is 0 Å². The van der Waals surface area contributed by atoms with Crippen LogP contribution in [0.25, 0.3) is 0 Å². The van der Waals surface area contributed by atoms with E-state index in [1.807, 2.05) is 13.0 Å². The number of hydrogen-bond donors (Lipinski definition) is 4. The van der Waals surface area contributed by atoms with E-state index >= 15 is 0 Å². The third-order valence-corrected chi connectivity index (χ3v) is 2.36. The van der Waals surface area contributed by atoms with E-state index in [-0.39, 0.29) is 23.5 Å². The van der Waals surface area contributed by atoms with E-state index in [0.29, 0.717) is 11.1 Å². The number of hydrogen-bond acceptors (Lipinski definition) is 6. The minimum absolute atomic E-state index is 0.0668. The maximum absolute atomic E-state index is 8.83. The molecule has 0 aromatic heterocycles. The number of hydroxylamine groups is 4. The van der Waals surface area contributed by atoms with E-state index in [4.69, 9.17) is 20.8 Å². The van der Waals surface area contributed by atoms with E-state index in [0.717, 1.165) is 12.0 Å². The van der Waals surface area contributed by atoms with Gasteiger partial charge in [-0.15, -0.1) is 0 Å². The van der Waals surface area contributed by atoms with Crippen LogP contribution in [0.5, 0.6) is 0 Å². The summed E-state index contributed by atoms with van der Waals surface area (Å²) in [4.78, 5) is 0. The fourth-order valence-electron chi connectivity index (χ4n) is 1.66. The number of aryl methyl sites for hydroxylation is 1. The first kappa shape index (κ1) is 13.0. The number of nitrogens with zero attached hydrogens (tertiary/aromatic N) is 2. The Morgan fingerprint density at radius 1 is 0.938 bits per heavy atom. The van der Waals surface area contributed by atoms with Crippen LogP contribution in [0.3, 0.4) is 0 Å². The Morgan fingerprint density at radius 3 is 2.00 bits per heavy atom. The van der Waals surface area contributed by atoms with Gasteiger partial charge in [0.1, 0.15) is 0 Å². The summed E-state index contributed by atoms with van der Waals surface area (Å²) >= 11 is 0. The van der Waals surface area contributed by atoms with Crippen molar-refractivity contribution in [2.45, 2.75) is 26.4 Å². The van der Waals surface area contributed by atoms with Crippen molar-refractivity contribution in [1.29, 1.82) is 0 Å². The molecule has 0 aliphatic carbocycles. The Kier molecular flexibility index (Phi) is 4.81. The molecule has 0 spiro atoms. The molecule has 0 heterocycles. The largest absolute Gasteiger partial charge is 0.289 e. The zero-order valence-electron chi connectivity index (χ0n) is 9.04. The standard InChI is InChI=1S/C10H16N2O4/c1-2-8-4-3-5-9(6-11(13)14)10(8)7-12(15)16/h3-5,13-16H,2,6-7H2,1H3. The average molecular weight is 228 g/mol. The molecule has 90 valence electrons. The zero-order valence-corrected chi connectivity index (χ0v) is 9.04. The Labute approximate surface area is 93.4 Å². The highest BCUT2D eigenvalue weighted by Crippen LogP contribution is 2.18. The van der Waals surface area contributed by atoms with Crippen LogP contribution in [0.2, 0.25) is 0 Å². The Morgan fingerprint density at radius 2 is 1.50 bits per heavy atom. The lowest BCUT2D eigenvalue weighted by Gasteiger charge is -2.16. The Bertz CT molecular complexity index is 342. The van der Waals surface area contributed by atoms with Gasteiger partial charge in [-0.1, -0.05) is 35.6 Å². The quantitative estimate of drug-likeness (QED) is 0.570. The maximum Gasteiger partial charge on any atom is 0.0769 e. The van der Waals surface area contributed by atoms with Gasteiger partial charge in [0.05, 0.1) is 13.1 Å². The van der Waals surface area contributed by atoms with Crippen molar-refractivity contribution in [3.63, 3.8) is 0 Å². The molecule has 1 aromatic carbocycles. The topological polar surface area (TPSA) is 87.4 Å². The summed E-state index contributed by atoms with van der Waals surface area (Å²) in [5.74, 6) is 0. The van der Waals surface area contributed by atoms with Crippen LogP contribution < -0.4 is 0 Å². The maximum atomic E-state index is 8.83. The van der Waals surface area contributed by atoms with Crippen LogP contribution in [-0.2, 0) is 19.5 Å². The lowest BCUT2D eigenvalue weighted by atomic mass is 9.99. The van der Waals surface area contributed by atoms with Crippen LogP contribution in [0, 0.1) is 0 Å². The first-order chi connectivity index (χ1) is 7.54. The van der Waals surface area contributed by atoms with Crippen molar-refractivity contribution in [2.75, 3.05) is 0 Å². The molecular weight excluding hydrogens is 212 g/mol. The van der Waals surface area contributed by atoms with E-state index in [1.54, 1.807) is 12.1 Å². The highest BCUT2D eigenvalue weighted by Gasteiger charge is 2.11. The summed E-state index contributed by atoms with van der Waals surface area (Å²) in [6.07, 6.45) is 0.730. The van der Waals surface area contributed by atoms with Gasteiger partial charge in [0.15, 0.2) is 0 Å². The normalized spacial score (nSPS) is 11.4. The number of rotatable bonds is 5. The van der Waals surface area contributed by atoms with E-state index in [9.17, 15) is 0 Å². The minimum atomic E-state index is -0.0863. The van der Waals surface area contributed by atoms with Gasteiger partial charge in [-0.2, -0.15) is 0 Å². The molecule has 6 nitrogen and oxygen atoms in total. The summed E-state index contributed by atoms with van der Waals surface area (Å²) in [6, 6.07) is 5.36. The molecule has 0 saturated heterocycles. The van der Waals surface area contributed by atoms with E-state index in [1.165, 1.54) is 0 Å². The highest BCUT2D eigenvalue weighted by atomic mass is 16.8. The van der Waals surface area contributed by atoms with Crippen molar-refractivity contribution in [1.82, 2.24) is 10.5 Å². The molecule has 0 unspecified atom stereocenters.